The van der Waals surface area contributed by atoms with Crippen molar-refractivity contribution >= 4 is 9.84 Å². The van der Waals surface area contributed by atoms with Crippen LogP contribution in [0.4, 0.5) is 4.39 Å². The van der Waals surface area contributed by atoms with Gasteiger partial charge in [0.15, 0.2) is 21.3 Å². The van der Waals surface area contributed by atoms with Crippen LogP contribution in [-0.4, -0.2) is 35.4 Å². The molecule has 1 aromatic carbocycles. The lowest BCUT2D eigenvalue weighted by atomic mass is 10.1. The molecule has 0 aromatic heterocycles. The Morgan fingerprint density at radius 3 is 2.26 bits per heavy atom. The van der Waals surface area contributed by atoms with Gasteiger partial charge in [0, 0.05) is 11.8 Å². The Kier molecular flexibility index (Phi) is 5.13. The summed E-state index contributed by atoms with van der Waals surface area (Å²) in [5.41, 5.74) is 5.95. The molecule has 1 aromatic rings. The van der Waals surface area contributed by atoms with Crippen molar-refractivity contribution in [2.24, 2.45) is 5.73 Å². The van der Waals surface area contributed by atoms with E-state index in [0.29, 0.717) is 24.9 Å². The van der Waals surface area contributed by atoms with E-state index in [4.69, 9.17) is 15.2 Å². The fourth-order valence-electron chi connectivity index (χ4n) is 1.87. The smallest absolute Gasteiger partial charge is 0.182 e. The molecule has 1 rings (SSSR count). The first kappa shape index (κ1) is 15.7. The molecular weight excluding hydrogens is 273 g/mol. The van der Waals surface area contributed by atoms with Gasteiger partial charge >= 0.3 is 0 Å². The third-order valence-corrected chi connectivity index (χ3v) is 3.77. The molecule has 108 valence electrons. The van der Waals surface area contributed by atoms with Crippen LogP contribution in [0.2, 0.25) is 0 Å². The molecule has 0 unspecified atom stereocenters. The van der Waals surface area contributed by atoms with Crippen LogP contribution in [0, 0.1) is 5.82 Å². The Hall–Kier alpha value is -1.34. The zero-order valence-corrected chi connectivity index (χ0v) is 12.0. The van der Waals surface area contributed by atoms with E-state index in [0.717, 1.165) is 12.3 Å². The van der Waals surface area contributed by atoms with Crippen molar-refractivity contribution < 1.29 is 22.3 Å². The van der Waals surface area contributed by atoms with Gasteiger partial charge in [-0.05, 0) is 25.5 Å². The number of aryl methyl sites for hydroxylation is 1. The van der Waals surface area contributed by atoms with Crippen LogP contribution in [0.1, 0.15) is 12.0 Å². The van der Waals surface area contributed by atoms with Crippen LogP contribution in [0.15, 0.2) is 11.0 Å². The number of sulfone groups is 1. The minimum atomic E-state index is -3.75. The molecule has 2 N–H and O–H groups in total. The first-order valence-corrected chi connectivity index (χ1v) is 7.59. The third kappa shape index (κ3) is 3.36. The molecule has 0 fully saturated rings. The maximum Gasteiger partial charge on any atom is 0.182 e. The van der Waals surface area contributed by atoms with Gasteiger partial charge < -0.3 is 15.2 Å². The SMILES string of the molecule is COc1c(CCCN)cc(F)c(S(C)(=O)=O)c1OC. The van der Waals surface area contributed by atoms with Crippen molar-refractivity contribution in [3.05, 3.63) is 17.4 Å². The Bertz CT molecular complexity index is 557. The third-order valence-electron chi connectivity index (χ3n) is 2.65. The van der Waals surface area contributed by atoms with Gasteiger partial charge in [-0.1, -0.05) is 0 Å². The lowest BCUT2D eigenvalue weighted by Crippen LogP contribution is -2.09. The van der Waals surface area contributed by atoms with Crippen LogP contribution in [-0.2, 0) is 16.3 Å². The lowest BCUT2D eigenvalue weighted by Gasteiger charge is -2.16. The van der Waals surface area contributed by atoms with Crippen molar-refractivity contribution in [2.75, 3.05) is 27.0 Å². The highest BCUT2D eigenvalue weighted by Crippen LogP contribution is 2.39. The summed E-state index contributed by atoms with van der Waals surface area (Å²) >= 11 is 0. The van der Waals surface area contributed by atoms with Crippen molar-refractivity contribution in [3.63, 3.8) is 0 Å². The molecular formula is C12H18FNO4S. The number of ether oxygens (including phenoxy) is 2. The van der Waals surface area contributed by atoms with E-state index in [1.165, 1.54) is 14.2 Å². The molecule has 0 radical (unpaired) electrons. The van der Waals surface area contributed by atoms with Crippen molar-refractivity contribution in [1.29, 1.82) is 0 Å². The minimum Gasteiger partial charge on any atom is -0.493 e. The maximum absolute atomic E-state index is 14.0. The van der Waals surface area contributed by atoms with Crippen LogP contribution < -0.4 is 15.2 Å². The predicted octanol–water partition coefficient (Wildman–Crippen LogP) is 1.14. The number of halogens is 1. The zero-order valence-electron chi connectivity index (χ0n) is 11.2. The lowest BCUT2D eigenvalue weighted by molar-refractivity contribution is 0.338. The van der Waals surface area contributed by atoms with Crippen molar-refractivity contribution in [3.8, 4) is 11.5 Å². The van der Waals surface area contributed by atoms with E-state index < -0.39 is 20.5 Å². The highest BCUT2D eigenvalue weighted by atomic mass is 32.2. The molecule has 0 aliphatic carbocycles. The monoisotopic (exact) mass is 291 g/mol. The molecule has 5 nitrogen and oxygen atoms in total. The highest BCUT2D eigenvalue weighted by molar-refractivity contribution is 7.90. The van der Waals surface area contributed by atoms with Gasteiger partial charge in [0.05, 0.1) is 14.2 Å². The molecule has 0 saturated heterocycles. The Balaban J connectivity index is 3.54. The molecule has 0 saturated carbocycles. The van der Waals surface area contributed by atoms with Crippen LogP contribution >= 0.6 is 0 Å². The average Bonchev–Trinajstić information content (AvgIpc) is 2.33. The van der Waals surface area contributed by atoms with E-state index in [9.17, 15) is 12.8 Å². The Morgan fingerprint density at radius 2 is 1.84 bits per heavy atom. The molecule has 19 heavy (non-hydrogen) atoms. The number of hydrogen-bond donors (Lipinski definition) is 1. The molecule has 0 amide bonds. The van der Waals surface area contributed by atoms with Crippen LogP contribution in [0.25, 0.3) is 0 Å². The summed E-state index contributed by atoms with van der Waals surface area (Å²) in [5, 5.41) is 0. The number of methoxy groups -OCH3 is 2. The highest BCUT2D eigenvalue weighted by Gasteiger charge is 2.26. The summed E-state index contributed by atoms with van der Waals surface area (Å²) in [5.74, 6) is -0.707. The maximum atomic E-state index is 14.0. The number of rotatable bonds is 6. The second kappa shape index (κ2) is 6.21. The van der Waals surface area contributed by atoms with Gasteiger partial charge in [0.2, 0.25) is 0 Å². The molecule has 0 aliphatic rings. The molecule has 0 aliphatic heterocycles. The normalized spacial score (nSPS) is 11.4. The van der Waals surface area contributed by atoms with Crippen LogP contribution in [0.3, 0.4) is 0 Å². The minimum absolute atomic E-state index is 0.1000. The summed E-state index contributed by atoms with van der Waals surface area (Å²) < 4.78 is 47.4. The Morgan fingerprint density at radius 1 is 1.26 bits per heavy atom. The van der Waals surface area contributed by atoms with E-state index in [1.807, 2.05) is 0 Å². The average molecular weight is 291 g/mol. The van der Waals surface area contributed by atoms with Gasteiger partial charge in [0.1, 0.15) is 10.7 Å². The fraction of sp³-hybridized carbons (Fsp3) is 0.500. The summed E-state index contributed by atoms with van der Waals surface area (Å²) in [7, 11) is -1.09. The molecule has 7 heteroatoms. The number of nitrogens with two attached hydrogens (primary N) is 1. The summed E-state index contributed by atoms with van der Waals surface area (Å²) in [4.78, 5) is -0.483. The second-order valence-electron chi connectivity index (χ2n) is 4.08. The summed E-state index contributed by atoms with van der Waals surface area (Å²) in [6.45, 7) is 0.445. The molecule has 0 spiro atoms. The van der Waals surface area contributed by atoms with Gasteiger partial charge in [-0.3, -0.25) is 0 Å². The number of benzene rings is 1. The molecule has 0 heterocycles. The fourth-order valence-corrected chi connectivity index (χ4v) is 2.80. The molecule has 0 bridgehead atoms. The van der Waals surface area contributed by atoms with Gasteiger partial charge in [-0.25, -0.2) is 12.8 Å². The standard InChI is InChI=1S/C12H18FNO4S/c1-17-10-8(5-4-6-14)7-9(13)12(11(10)18-2)19(3,15)16/h7H,4-6,14H2,1-3H3. The van der Waals surface area contributed by atoms with E-state index in [2.05, 4.69) is 0 Å². The van der Waals surface area contributed by atoms with Gasteiger partial charge in [0.25, 0.3) is 0 Å². The van der Waals surface area contributed by atoms with E-state index >= 15 is 0 Å². The van der Waals surface area contributed by atoms with Crippen molar-refractivity contribution in [1.82, 2.24) is 0 Å². The first-order chi connectivity index (χ1) is 8.86. The summed E-state index contributed by atoms with van der Waals surface area (Å²) in [6, 6.07) is 1.16. The summed E-state index contributed by atoms with van der Waals surface area (Å²) in [6.07, 6.45) is 2.04. The topological polar surface area (TPSA) is 78.6 Å². The quantitative estimate of drug-likeness (QED) is 0.850. The first-order valence-electron chi connectivity index (χ1n) is 5.70. The number of hydrogen-bond acceptors (Lipinski definition) is 5. The van der Waals surface area contributed by atoms with E-state index in [-0.39, 0.29) is 11.5 Å². The predicted molar refractivity (Wildman–Crippen MR) is 70.0 cm³/mol. The van der Waals surface area contributed by atoms with E-state index in [1.54, 1.807) is 0 Å². The largest absolute Gasteiger partial charge is 0.493 e. The second-order valence-corrected chi connectivity index (χ2v) is 6.03. The van der Waals surface area contributed by atoms with Gasteiger partial charge in [-0.15, -0.1) is 0 Å². The zero-order chi connectivity index (χ0) is 14.6. The van der Waals surface area contributed by atoms with Gasteiger partial charge in [-0.2, -0.15) is 0 Å². The Labute approximate surface area is 112 Å². The molecule has 0 atom stereocenters. The van der Waals surface area contributed by atoms with Crippen LogP contribution in [0.5, 0.6) is 11.5 Å². The van der Waals surface area contributed by atoms with Crippen molar-refractivity contribution in [2.45, 2.75) is 17.7 Å².